The van der Waals surface area contributed by atoms with E-state index < -0.39 is 5.97 Å². The van der Waals surface area contributed by atoms with Crippen molar-refractivity contribution < 1.29 is 9.90 Å². The van der Waals surface area contributed by atoms with Crippen LogP contribution in [0.25, 0.3) is 11.3 Å². The predicted octanol–water partition coefficient (Wildman–Crippen LogP) is 2.26. The van der Waals surface area contributed by atoms with Crippen LogP contribution in [0.5, 0.6) is 0 Å². The number of H-pyrrole nitrogens is 1. The molecule has 4 nitrogen and oxygen atoms in total. The van der Waals surface area contributed by atoms with Crippen LogP contribution >= 0.6 is 0 Å². The van der Waals surface area contributed by atoms with Gasteiger partial charge in [-0.1, -0.05) is 12.1 Å². The van der Waals surface area contributed by atoms with Crippen molar-refractivity contribution in [1.82, 2.24) is 9.97 Å². The SMILES string of the molecule is O=C(O)c1ncc(-c2ccc3c(c2)CCC3)[nH]1. The summed E-state index contributed by atoms with van der Waals surface area (Å²) < 4.78 is 0. The number of hydrogen-bond acceptors (Lipinski definition) is 2. The molecule has 1 aliphatic rings. The topological polar surface area (TPSA) is 66.0 Å². The number of fused-ring (bicyclic) bond motifs is 1. The molecule has 4 heteroatoms. The Morgan fingerprint density at radius 1 is 1.29 bits per heavy atom. The number of hydrogen-bond donors (Lipinski definition) is 2. The Bertz CT molecular complexity index is 587. The van der Waals surface area contributed by atoms with Crippen molar-refractivity contribution in [2.45, 2.75) is 19.3 Å². The lowest BCUT2D eigenvalue weighted by atomic mass is 10.1. The van der Waals surface area contributed by atoms with Gasteiger partial charge < -0.3 is 10.1 Å². The lowest BCUT2D eigenvalue weighted by molar-refractivity contribution is 0.0685. The number of imidazole rings is 1. The fraction of sp³-hybridized carbons (Fsp3) is 0.231. The van der Waals surface area contributed by atoms with Gasteiger partial charge in [-0.15, -0.1) is 0 Å². The van der Waals surface area contributed by atoms with E-state index in [0.29, 0.717) is 0 Å². The molecule has 1 heterocycles. The Kier molecular flexibility index (Phi) is 2.21. The van der Waals surface area contributed by atoms with Crippen LogP contribution in [0.4, 0.5) is 0 Å². The highest BCUT2D eigenvalue weighted by atomic mass is 16.4. The van der Waals surface area contributed by atoms with E-state index in [0.717, 1.165) is 24.1 Å². The molecule has 0 radical (unpaired) electrons. The monoisotopic (exact) mass is 228 g/mol. The van der Waals surface area contributed by atoms with Crippen molar-refractivity contribution in [3.05, 3.63) is 41.3 Å². The van der Waals surface area contributed by atoms with Gasteiger partial charge in [0.25, 0.3) is 0 Å². The first-order valence-electron chi connectivity index (χ1n) is 5.64. The fourth-order valence-electron chi connectivity index (χ4n) is 2.32. The summed E-state index contributed by atoms with van der Waals surface area (Å²) in [6, 6.07) is 6.27. The number of carboxylic acid groups (broad SMARTS) is 1. The van der Waals surface area contributed by atoms with Crippen LogP contribution in [0.15, 0.2) is 24.4 Å². The number of aromatic carboxylic acids is 1. The molecule has 1 aromatic heterocycles. The molecule has 0 spiro atoms. The molecule has 86 valence electrons. The summed E-state index contributed by atoms with van der Waals surface area (Å²) >= 11 is 0. The third-order valence-electron chi connectivity index (χ3n) is 3.19. The second-order valence-electron chi connectivity index (χ2n) is 4.29. The number of nitrogens with zero attached hydrogens (tertiary/aromatic N) is 1. The average molecular weight is 228 g/mol. The van der Waals surface area contributed by atoms with E-state index in [1.807, 2.05) is 6.07 Å². The fourth-order valence-corrected chi connectivity index (χ4v) is 2.32. The first-order chi connectivity index (χ1) is 8.24. The number of aryl methyl sites for hydroxylation is 2. The van der Waals surface area contributed by atoms with E-state index in [4.69, 9.17) is 5.11 Å². The maximum absolute atomic E-state index is 10.7. The second kappa shape index (κ2) is 3.73. The highest BCUT2D eigenvalue weighted by molar-refractivity contribution is 5.84. The molecule has 2 N–H and O–H groups in total. The minimum absolute atomic E-state index is 0.0134. The zero-order valence-electron chi connectivity index (χ0n) is 9.23. The number of aromatic nitrogens is 2. The Morgan fingerprint density at radius 2 is 2.12 bits per heavy atom. The summed E-state index contributed by atoms with van der Waals surface area (Å²) in [6.07, 6.45) is 5.05. The molecule has 0 amide bonds. The van der Waals surface area contributed by atoms with Gasteiger partial charge >= 0.3 is 5.97 Å². The number of aromatic amines is 1. The lowest BCUT2D eigenvalue weighted by Crippen LogP contribution is -1.98. The van der Waals surface area contributed by atoms with Crippen LogP contribution in [0.3, 0.4) is 0 Å². The van der Waals surface area contributed by atoms with Crippen LogP contribution in [0.2, 0.25) is 0 Å². The van der Waals surface area contributed by atoms with Crippen molar-refractivity contribution in [3.8, 4) is 11.3 Å². The van der Waals surface area contributed by atoms with Crippen molar-refractivity contribution in [2.24, 2.45) is 0 Å². The molecular formula is C13H12N2O2. The van der Waals surface area contributed by atoms with Gasteiger partial charge in [-0.25, -0.2) is 9.78 Å². The first kappa shape index (κ1) is 10.1. The molecule has 0 bridgehead atoms. The Hall–Kier alpha value is -2.10. The molecule has 1 aliphatic carbocycles. The molecule has 0 saturated carbocycles. The lowest BCUT2D eigenvalue weighted by Gasteiger charge is -2.02. The zero-order valence-corrected chi connectivity index (χ0v) is 9.23. The van der Waals surface area contributed by atoms with Crippen LogP contribution in [0.1, 0.15) is 28.2 Å². The number of carbonyl (C=O) groups is 1. The quantitative estimate of drug-likeness (QED) is 0.828. The van der Waals surface area contributed by atoms with Gasteiger partial charge in [-0.3, -0.25) is 0 Å². The largest absolute Gasteiger partial charge is 0.475 e. The summed E-state index contributed by atoms with van der Waals surface area (Å²) in [6.45, 7) is 0. The summed E-state index contributed by atoms with van der Waals surface area (Å²) in [5.74, 6) is -1.04. The molecule has 0 atom stereocenters. The van der Waals surface area contributed by atoms with E-state index in [9.17, 15) is 4.79 Å². The van der Waals surface area contributed by atoms with E-state index in [1.54, 1.807) is 6.20 Å². The molecular weight excluding hydrogens is 216 g/mol. The van der Waals surface area contributed by atoms with Gasteiger partial charge in [-0.2, -0.15) is 0 Å². The Morgan fingerprint density at radius 3 is 2.88 bits per heavy atom. The van der Waals surface area contributed by atoms with Crippen molar-refractivity contribution in [2.75, 3.05) is 0 Å². The Balaban J connectivity index is 2.00. The average Bonchev–Trinajstić information content (AvgIpc) is 2.97. The van der Waals surface area contributed by atoms with Gasteiger partial charge in [0.2, 0.25) is 5.82 Å². The van der Waals surface area contributed by atoms with Gasteiger partial charge in [0, 0.05) is 0 Å². The highest BCUT2D eigenvalue weighted by Crippen LogP contribution is 2.27. The smallest absolute Gasteiger partial charge is 0.371 e. The van der Waals surface area contributed by atoms with Crippen LogP contribution in [0, 0.1) is 0 Å². The van der Waals surface area contributed by atoms with Crippen LogP contribution < -0.4 is 0 Å². The maximum atomic E-state index is 10.7. The van der Waals surface area contributed by atoms with Crippen LogP contribution in [-0.2, 0) is 12.8 Å². The summed E-state index contributed by atoms with van der Waals surface area (Å²) in [4.78, 5) is 17.4. The number of nitrogens with one attached hydrogen (secondary N) is 1. The van der Waals surface area contributed by atoms with Crippen molar-refractivity contribution in [3.63, 3.8) is 0 Å². The van der Waals surface area contributed by atoms with E-state index >= 15 is 0 Å². The number of rotatable bonds is 2. The molecule has 0 unspecified atom stereocenters. The zero-order chi connectivity index (χ0) is 11.8. The van der Waals surface area contributed by atoms with Crippen molar-refractivity contribution in [1.29, 1.82) is 0 Å². The van der Waals surface area contributed by atoms with Gasteiger partial charge in [0.05, 0.1) is 11.9 Å². The molecule has 0 fully saturated rings. The van der Waals surface area contributed by atoms with Gasteiger partial charge in [-0.05, 0) is 42.0 Å². The number of carboxylic acids is 1. The van der Waals surface area contributed by atoms with Crippen molar-refractivity contribution >= 4 is 5.97 Å². The third kappa shape index (κ3) is 1.71. The molecule has 17 heavy (non-hydrogen) atoms. The summed E-state index contributed by atoms with van der Waals surface area (Å²) in [5.41, 5.74) is 4.54. The predicted molar refractivity (Wildman–Crippen MR) is 63.0 cm³/mol. The minimum Gasteiger partial charge on any atom is -0.475 e. The molecule has 0 saturated heterocycles. The molecule has 0 aliphatic heterocycles. The normalized spacial score (nSPS) is 13.6. The Labute approximate surface area is 98.3 Å². The van der Waals surface area contributed by atoms with Gasteiger partial charge in [0.15, 0.2) is 0 Å². The van der Waals surface area contributed by atoms with E-state index in [2.05, 4.69) is 22.1 Å². The van der Waals surface area contributed by atoms with Crippen LogP contribution in [-0.4, -0.2) is 21.0 Å². The molecule has 2 aromatic rings. The highest BCUT2D eigenvalue weighted by Gasteiger charge is 2.13. The maximum Gasteiger partial charge on any atom is 0.371 e. The minimum atomic E-state index is -1.03. The van der Waals surface area contributed by atoms with E-state index in [-0.39, 0.29) is 5.82 Å². The summed E-state index contributed by atoms with van der Waals surface area (Å²) in [7, 11) is 0. The van der Waals surface area contributed by atoms with E-state index in [1.165, 1.54) is 17.5 Å². The second-order valence-corrected chi connectivity index (χ2v) is 4.29. The first-order valence-corrected chi connectivity index (χ1v) is 5.64. The summed E-state index contributed by atoms with van der Waals surface area (Å²) in [5, 5.41) is 8.81. The standard InChI is InChI=1S/C13H12N2O2/c16-13(17)12-14-7-11(15-12)10-5-4-8-2-1-3-9(8)6-10/h4-7H,1-3H2,(H,14,15)(H,16,17). The number of benzene rings is 1. The molecule has 3 rings (SSSR count). The third-order valence-corrected chi connectivity index (χ3v) is 3.19. The van der Waals surface area contributed by atoms with Gasteiger partial charge in [0.1, 0.15) is 0 Å². The molecule has 1 aromatic carbocycles.